The number of benzene rings is 2. The van der Waals surface area contributed by atoms with Crippen molar-refractivity contribution in [2.24, 2.45) is 5.92 Å². The van der Waals surface area contributed by atoms with Gasteiger partial charge in [0.15, 0.2) is 6.10 Å². The first kappa shape index (κ1) is 19.8. The second-order valence-corrected chi connectivity index (χ2v) is 7.16. The van der Waals surface area contributed by atoms with Gasteiger partial charge in [0.25, 0.3) is 5.89 Å². The summed E-state index contributed by atoms with van der Waals surface area (Å²) >= 11 is 0. The van der Waals surface area contributed by atoms with Crippen LogP contribution in [-0.2, 0) is 9.53 Å². The number of esters is 1. The maximum absolute atomic E-state index is 12.9. The molecule has 1 aromatic heterocycles. The topological polar surface area (TPSA) is 65.2 Å². The van der Waals surface area contributed by atoms with Gasteiger partial charge in [0, 0.05) is 5.56 Å². The van der Waals surface area contributed by atoms with Crippen LogP contribution < -0.4 is 0 Å². The molecule has 0 amide bonds. The van der Waals surface area contributed by atoms with Gasteiger partial charge in [0.2, 0.25) is 5.89 Å². The lowest BCUT2D eigenvalue weighted by atomic mass is 9.85. The highest BCUT2D eigenvalue weighted by Crippen LogP contribution is 2.31. The molecule has 0 spiro atoms. The van der Waals surface area contributed by atoms with Crippen molar-refractivity contribution in [1.82, 2.24) is 10.2 Å². The van der Waals surface area contributed by atoms with Gasteiger partial charge in [-0.15, -0.1) is 10.2 Å². The molecule has 28 heavy (non-hydrogen) atoms. The van der Waals surface area contributed by atoms with Crippen molar-refractivity contribution < 1.29 is 13.9 Å². The van der Waals surface area contributed by atoms with E-state index in [1.165, 1.54) is 0 Å². The Labute approximate surface area is 165 Å². The van der Waals surface area contributed by atoms with Crippen LogP contribution in [0.25, 0.3) is 11.5 Å². The van der Waals surface area contributed by atoms with Gasteiger partial charge >= 0.3 is 5.97 Å². The van der Waals surface area contributed by atoms with Gasteiger partial charge in [-0.3, -0.25) is 4.79 Å². The van der Waals surface area contributed by atoms with Crippen LogP contribution in [0.4, 0.5) is 0 Å². The van der Waals surface area contributed by atoms with Gasteiger partial charge in [-0.2, -0.15) is 0 Å². The Hall–Kier alpha value is -2.95. The Balaban J connectivity index is 1.75. The lowest BCUT2D eigenvalue weighted by Gasteiger charge is -2.23. The fourth-order valence-corrected chi connectivity index (χ4v) is 3.10. The second-order valence-electron chi connectivity index (χ2n) is 7.16. The van der Waals surface area contributed by atoms with Gasteiger partial charge in [0.1, 0.15) is 0 Å². The van der Waals surface area contributed by atoms with E-state index >= 15 is 0 Å². The molecule has 0 saturated heterocycles. The standard InChI is InChI=1S/C23H26N2O3/c1-5-16(3)20(18-9-7-6-8-10-18)23(26)27-17(4)21-24-25-22(28-21)19-13-11-15(2)12-14-19/h6-14,16-17,20H,5H2,1-4H3. The summed E-state index contributed by atoms with van der Waals surface area (Å²) in [7, 11) is 0. The molecular formula is C23H26N2O3. The molecule has 0 bridgehead atoms. The van der Waals surface area contributed by atoms with E-state index in [0.29, 0.717) is 11.8 Å². The minimum atomic E-state index is -0.616. The molecular weight excluding hydrogens is 352 g/mol. The predicted octanol–water partition coefficient (Wildman–Crippen LogP) is 5.48. The fraction of sp³-hybridized carbons (Fsp3) is 0.348. The van der Waals surface area contributed by atoms with Crippen molar-refractivity contribution in [1.29, 1.82) is 0 Å². The zero-order valence-electron chi connectivity index (χ0n) is 16.8. The van der Waals surface area contributed by atoms with Crippen LogP contribution in [0.5, 0.6) is 0 Å². The molecule has 3 aromatic rings. The first-order valence-corrected chi connectivity index (χ1v) is 9.65. The first-order valence-electron chi connectivity index (χ1n) is 9.65. The van der Waals surface area contributed by atoms with E-state index in [0.717, 1.165) is 23.1 Å². The highest BCUT2D eigenvalue weighted by Gasteiger charge is 2.30. The summed E-state index contributed by atoms with van der Waals surface area (Å²) in [5.74, 6) is 0.267. The second kappa shape index (κ2) is 8.83. The number of aryl methyl sites for hydroxylation is 1. The van der Waals surface area contributed by atoms with Crippen LogP contribution >= 0.6 is 0 Å². The molecule has 0 aliphatic heterocycles. The molecule has 3 unspecified atom stereocenters. The van der Waals surface area contributed by atoms with E-state index in [-0.39, 0.29) is 17.8 Å². The molecule has 0 aliphatic carbocycles. The van der Waals surface area contributed by atoms with Crippen LogP contribution in [0.2, 0.25) is 0 Å². The molecule has 5 nitrogen and oxygen atoms in total. The van der Waals surface area contributed by atoms with Crippen molar-refractivity contribution in [3.8, 4) is 11.5 Å². The summed E-state index contributed by atoms with van der Waals surface area (Å²) in [5.41, 5.74) is 2.95. The minimum Gasteiger partial charge on any atom is -0.452 e. The number of carbonyl (C=O) groups is 1. The van der Waals surface area contributed by atoms with E-state index < -0.39 is 6.10 Å². The predicted molar refractivity (Wildman–Crippen MR) is 108 cm³/mol. The molecule has 0 saturated carbocycles. The van der Waals surface area contributed by atoms with Gasteiger partial charge < -0.3 is 9.15 Å². The number of nitrogens with zero attached hydrogens (tertiary/aromatic N) is 2. The summed E-state index contributed by atoms with van der Waals surface area (Å²) < 4.78 is 11.5. The SMILES string of the molecule is CCC(C)C(C(=O)OC(C)c1nnc(-c2ccc(C)cc2)o1)c1ccccc1. The highest BCUT2D eigenvalue weighted by atomic mass is 16.6. The average Bonchev–Trinajstić information content (AvgIpc) is 3.19. The molecule has 0 aliphatic rings. The molecule has 0 N–H and O–H groups in total. The average molecular weight is 378 g/mol. The van der Waals surface area contributed by atoms with Crippen LogP contribution in [0.3, 0.4) is 0 Å². The summed E-state index contributed by atoms with van der Waals surface area (Å²) in [5, 5.41) is 8.16. The maximum Gasteiger partial charge on any atom is 0.314 e. The summed E-state index contributed by atoms with van der Waals surface area (Å²) in [6.45, 7) is 7.91. The number of rotatable bonds is 7. The summed E-state index contributed by atoms with van der Waals surface area (Å²) in [4.78, 5) is 12.9. The zero-order valence-corrected chi connectivity index (χ0v) is 16.8. The fourth-order valence-electron chi connectivity index (χ4n) is 3.10. The van der Waals surface area contributed by atoms with E-state index in [9.17, 15) is 4.79 Å². The van der Waals surface area contributed by atoms with Gasteiger partial charge in [-0.05, 0) is 37.5 Å². The van der Waals surface area contributed by atoms with Gasteiger partial charge in [0.05, 0.1) is 5.92 Å². The third kappa shape index (κ3) is 4.47. The van der Waals surface area contributed by atoms with Gasteiger partial charge in [-0.1, -0.05) is 68.3 Å². The van der Waals surface area contributed by atoms with Crippen molar-refractivity contribution >= 4 is 5.97 Å². The number of ether oxygens (including phenoxy) is 1. The van der Waals surface area contributed by atoms with Crippen molar-refractivity contribution in [2.45, 2.75) is 46.1 Å². The smallest absolute Gasteiger partial charge is 0.314 e. The molecule has 2 aromatic carbocycles. The molecule has 146 valence electrons. The Morgan fingerprint density at radius 2 is 1.71 bits per heavy atom. The Bertz CT molecular complexity index is 903. The largest absolute Gasteiger partial charge is 0.452 e. The lowest BCUT2D eigenvalue weighted by Crippen LogP contribution is -2.23. The van der Waals surface area contributed by atoms with E-state index in [1.807, 2.05) is 61.5 Å². The number of hydrogen-bond donors (Lipinski definition) is 0. The Morgan fingerprint density at radius 1 is 1.04 bits per heavy atom. The summed E-state index contributed by atoms with van der Waals surface area (Å²) in [6.07, 6.45) is 0.260. The number of carbonyl (C=O) groups excluding carboxylic acids is 1. The van der Waals surface area contributed by atoms with Crippen molar-refractivity contribution in [2.75, 3.05) is 0 Å². The Kier molecular flexibility index (Phi) is 6.24. The van der Waals surface area contributed by atoms with E-state index in [4.69, 9.17) is 9.15 Å². The monoisotopic (exact) mass is 378 g/mol. The molecule has 1 heterocycles. The van der Waals surface area contributed by atoms with E-state index in [2.05, 4.69) is 24.0 Å². The minimum absolute atomic E-state index is 0.160. The highest BCUT2D eigenvalue weighted by molar-refractivity contribution is 5.78. The van der Waals surface area contributed by atoms with Crippen LogP contribution in [0, 0.1) is 12.8 Å². The summed E-state index contributed by atoms with van der Waals surface area (Å²) in [6, 6.07) is 17.6. The number of hydrogen-bond acceptors (Lipinski definition) is 5. The van der Waals surface area contributed by atoms with Crippen molar-refractivity contribution in [3.63, 3.8) is 0 Å². The lowest BCUT2D eigenvalue weighted by molar-refractivity contribution is -0.153. The van der Waals surface area contributed by atoms with Crippen LogP contribution in [0.1, 0.15) is 56.2 Å². The third-order valence-electron chi connectivity index (χ3n) is 5.01. The normalized spacial score (nSPS) is 14.3. The van der Waals surface area contributed by atoms with Crippen LogP contribution in [-0.4, -0.2) is 16.2 Å². The van der Waals surface area contributed by atoms with Crippen LogP contribution in [0.15, 0.2) is 59.0 Å². The van der Waals surface area contributed by atoms with Gasteiger partial charge in [-0.25, -0.2) is 0 Å². The number of aromatic nitrogens is 2. The quantitative estimate of drug-likeness (QED) is 0.509. The molecule has 3 rings (SSSR count). The Morgan fingerprint density at radius 3 is 2.36 bits per heavy atom. The molecule has 5 heteroatoms. The maximum atomic E-state index is 12.9. The molecule has 0 radical (unpaired) electrons. The molecule has 3 atom stereocenters. The zero-order chi connectivity index (χ0) is 20.1. The molecule has 0 fully saturated rings. The van der Waals surface area contributed by atoms with E-state index in [1.54, 1.807) is 6.92 Å². The van der Waals surface area contributed by atoms with Crippen molar-refractivity contribution in [3.05, 3.63) is 71.6 Å². The third-order valence-corrected chi connectivity index (χ3v) is 5.01. The first-order chi connectivity index (χ1) is 13.5.